The summed E-state index contributed by atoms with van der Waals surface area (Å²) < 4.78 is 76.1. The molecule has 0 aromatic heterocycles. The quantitative estimate of drug-likeness (QED) is 0.122. The van der Waals surface area contributed by atoms with E-state index in [-0.39, 0.29) is 29.3 Å². The van der Waals surface area contributed by atoms with Crippen molar-refractivity contribution in [2.24, 2.45) is 0 Å². The molecule has 0 aliphatic rings. The summed E-state index contributed by atoms with van der Waals surface area (Å²) in [6.07, 6.45) is 3.15. The van der Waals surface area contributed by atoms with E-state index >= 15 is 4.39 Å². The van der Waals surface area contributed by atoms with E-state index in [4.69, 9.17) is 4.74 Å². The molecule has 0 unspecified atom stereocenters. The number of carbonyl (C=O) groups excluding carboxylic acids is 1. The molecule has 0 spiro atoms. The van der Waals surface area contributed by atoms with Gasteiger partial charge in [0, 0.05) is 29.6 Å². The molecule has 0 saturated carbocycles. The number of allylic oxidation sites excluding steroid dienone is 1. The van der Waals surface area contributed by atoms with Crippen molar-refractivity contribution in [2.45, 2.75) is 33.5 Å². The van der Waals surface area contributed by atoms with Gasteiger partial charge in [0.2, 0.25) is 0 Å². The van der Waals surface area contributed by atoms with Gasteiger partial charge in [-0.1, -0.05) is 50.2 Å². The molecule has 0 aliphatic carbocycles. The predicted octanol–water partition coefficient (Wildman–Crippen LogP) is 7.32. The van der Waals surface area contributed by atoms with Gasteiger partial charge in [-0.15, -0.1) is 12.8 Å². The van der Waals surface area contributed by atoms with Crippen LogP contribution in [0.1, 0.15) is 37.5 Å². The zero-order valence-electron chi connectivity index (χ0n) is 23.6. The highest BCUT2D eigenvalue weighted by Gasteiger charge is 2.36. The van der Waals surface area contributed by atoms with E-state index in [2.05, 4.69) is 23.5 Å². The second-order valence-electron chi connectivity index (χ2n) is 8.04. The summed E-state index contributed by atoms with van der Waals surface area (Å²) in [6, 6.07) is 15.5. The average molecular weight is 576 g/mol. The summed E-state index contributed by atoms with van der Waals surface area (Å²) >= 11 is 0. The first kappa shape index (κ1) is 34.5. The maximum atomic E-state index is 15.2. The Hall–Kier alpha value is -4.52. The second-order valence-corrected chi connectivity index (χ2v) is 8.04. The van der Waals surface area contributed by atoms with Crippen LogP contribution in [0.5, 0.6) is 5.75 Å². The van der Waals surface area contributed by atoms with E-state index in [0.29, 0.717) is 5.69 Å². The van der Waals surface area contributed by atoms with Gasteiger partial charge >= 0.3 is 6.18 Å². The summed E-state index contributed by atoms with van der Waals surface area (Å²) in [5, 5.41) is 5.76. The molecule has 0 radical (unpaired) electrons. The average Bonchev–Trinajstić information content (AvgIpc) is 2.98. The van der Waals surface area contributed by atoms with Crippen LogP contribution in [0.2, 0.25) is 0 Å². The van der Waals surface area contributed by atoms with E-state index in [1.165, 1.54) is 39.3 Å². The number of benzene rings is 3. The number of amides is 1. The minimum absolute atomic E-state index is 0.117. The summed E-state index contributed by atoms with van der Waals surface area (Å²) in [5.74, 6) is -2.87. The number of halogens is 5. The van der Waals surface area contributed by atoms with Gasteiger partial charge in [-0.25, -0.2) is 8.78 Å². The van der Waals surface area contributed by atoms with E-state index in [1.54, 1.807) is 30.3 Å². The Morgan fingerprint density at radius 2 is 1.56 bits per heavy atom. The minimum Gasteiger partial charge on any atom is -0.494 e. The van der Waals surface area contributed by atoms with Crippen molar-refractivity contribution >= 4 is 17.2 Å². The molecule has 0 atom stereocenters. The van der Waals surface area contributed by atoms with E-state index in [1.807, 2.05) is 13.8 Å². The first-order chi connectivity index (χ1) is 19.6. The predicted molar refractivity (Wildman–Crippen MR) is 153 cm³/mol. The lowest BCUT2D eigenvalue weighted by Crippen LogP contribution is -2.37. The number of ether oxygens (including phenoxy) is 1. The number of anilines is 1. The molecule has 0 aliphatic heterocycles. The van der Waals surface area contributed by atoms with Crippen LogP contribution in [-0.2, 0) is 17.5 Å². The fraction of sp³-hybridized carbons (Fsp3) is 0.258. The van der Waals surface area contributed by atoms with Gasteiger partial charge in [-0.3, -0.25) is 4.79 Å². The maximum Gasteiger partial charge on any atom is 0.416 e. The lowest BCUT2D eigenvalue weighted by Gasteiger charge is -2.27. The number of para-hydroxylation sites is 1. The SMILES string of the molecule is C#C.CC.CN/C(C)=C(\C(=O)N(CNc1ccccc1)Cc1c(F)cccc1C(F)(F)F)c1cccc(OC)c1F. The highest BCUT2D eigenvalue weighted by Crippen LogP contribution is 2.35. The van der Waals surface area contributed by atoms with Crippen LogP contribution in [0.15, 0.2) is 72.4 Å². The van der Waals surface area contributed by atoms with Gasteiger partial charge in [0.05, 0.1) is 31.5 Å². The molecular weight excluding hydrogens is 541 g/mol. The standard InChI is InChI=1S/C27H26F5N3O2.C2H6.C2H2/c1-17(33-2)24(19-11-7-14-23(37-3)25(19)29)26(36)35(16-34-18-9-5-4-6-10-18)15-20-21(27(30,31)32)12-8-13-22(20)28;2*1-2/h4-14,33-34H,15-16H2,1-3H3;1-2H3;1-2H/b24-17-;;. The first-order valence-electron chi connectivity index (χ1n) is 12.6. The molecule has 0 bridgehead atoms. The molecule has 1 amide bonds. The molecule has 0 heterocycles. The number of alkyl halides is 3. The number of terminal acetylenes is 1. The molecule has 220 valence electrons. The Labute approximate surface area is 238 Å². The normalized spacial score (nSPS) is 11.0. The Kier molecular flexibility index (Phi) is 13.9. The highest BCUT2D eigenvalue weighted by molar-refractivity contribution is 6.20. The van der Waals surface area contributed by atoms with Gasteiger partial charge in [-0.05, 0) is 37.3 Å². The lowest BCUT2D eigenvalue weighted by molar-refractivity contribution is -0.139. The van der Waals surface area contributed by atoms with Gasteiger partial charge in [-0.2, -0.15) is 13.2 Å². The van der Waals surface area contributed by atoms with E-state index in [0.717, 1.165) is 23.1 Å². The largest absolute Gasteiger partial charge is 0.494 e. The zero-order chi connectivity index (χ0) is 31.2. The fourth-order valence-corrected chi connectivity index (χ4v) is 3.74. The molecule has 5 nitrogen and oxygen atoms in total. The third-order valence-electron chi connectivity index (χ3n) is 5.72. The van der Waals surface area contributed by atoms with Crippen molar-refractivity contribution in [1.29, 1.82) is 0 Å². The van der Waals surface area contributed by atoms with Gasteiger partial charge in [0.1, 0.15) is 5.82 Å². The van der Waals surface area contributed by atoms with Crippen LogP contribution in [0.25, 0.3) is 5.57 Å². The minimum atomic E-state index is -4.85. The van der Waals surface area contributed by atoms with Crippen LogP contribution in [0, 0.1) is 24.5 Å². The van der Waals surface area contributed by atoms with Gasteiger partial charge in [0.15, 0.2) is 11.6 Å². The molecule has 3 rings (SSSR count). The third-order valence-corrected chi connectivity index (χ3v) is 5.72. The summed E-state index contributed by atoms with van der Waals surface area (Å²) in [5.41, 5.74) is -1.33. The molecule has 2 N–H and O–H groups in total. The van der Waals surface area contributed by atoms with Crippen molar-refractivity contribution in [2.75, 3.05) is 26.1 Å². The summed E-state index contributed by atoms with van der Waals surface area (Å²) in [6.45, 7) is 4.51. The van der Waals surface area contributed by atoms with Gasteiger partial charge < -0.3 is 20.3 Å². The van der Waals surface area contributed by atoms with Crippen LogP contribution in [0.3, 0.4) is 0 Å². The summed E-state index contributed by atoms with van der Waals surface area (Å²) in [7, 11) is 2.79. The van der Waals surface area contributed by atoms with Gasteiger partial charge in [0.25, 0.3) is 5.91 Å². The number of carbonyl (C=O) groups is 1. The Morgan fingerprint density at radius 3 is 2.12 bits per heavy atom. The monoisotopic (exact) mass is 575 g/mol. The van der Waals surface area contributed by atoms with Crippen LogP contribution < -0.4 is 15.4 Å². The van der Waals surface area contributed by atoms with Crippen molar-refractivity contribution in [3.63, 3.8) is 0 Å². The topological polar surface area (TPSA) is 53.6 Å². The van der Waals surface area contributed by atoms with E-state index in [9.17, 15) is 22.4 Å². The molecule has 0 saturated heterocycles. The zero-order valence-corrected chi connectivity index (χ0v) is 23.6. The van der Waals surface area contributed by atoms with Crippen molar-refractivity contribution in [1.82, 2.24) is 10.2 Å². The number of rotatable bonds is 9. The summed E-state index contributed by atoms with van der Waals surface area (Å²) in [4.78, 5) is 14.9. The van der Waals surface area contributed by atoms with Crippen molar-refractivity contribution < 1.29 is 31.5 Å². The highest BCUT2D eigenvalue weighted by atomic mass is 19.4. The Bertz CT molecular complexity index is 1320. The van der Waals surface area contributed by atoms with Crippen molar-refractivity contribution in [3.8, 4) is 18.6 Å². The first-order valence-corrected chi connectivity index (χ1v) is 12.6. The second kappa shape index (κ2) is 16.6. The molecule has 3 aromatic carbocycles. The lowest BCUT2D eigenvalue weighted by atomic mass is 10.00. The smallest absolute Gasteiger partial charge is 0.416 e. The number of nitrogens with zero attached hydrogens (tertiary/aromatic N) is 1. The number of hydrogen-bond donors (Lipinski definition) is 2. The molecule has 3 aromatic rings. The molecule has 0 fully saturated rings. The number of methoxy groups -OCH3 is 1. The molecule has 10 heteroatoms. The molecular formula is C31H34F5N3O2. The van der Waals surface area contributed by atoms with Crippen LogP contribution in [-0.4, -0.2) is 31.6 Å². The fourth-order valence-electron chi connectivity index (χ4n) is 3.74. The number of hydrogen-bond acceptors (Lipinski definition) is 4. The maximum absolute atomic E-state index is 15.2. The van der Waals surface area contributed by atoms with Crippen LogP contribution >= 0.6 is 0 Å². The third kappa shape index (κ3) is 9.00. The Morgan fingerprint density at radius 1 is 0.951 bits per heavy atom. The molecule has 41 heavy (non-hydrogen) atoms. The van der Waals surface area contributed by atoms with Crippen LogP contribution in [0.4, 0.5) is 27.6 Å². The van der Waals surface area contributed by atoms with Crippen molar-refractivity contribution in [3.05, 3.63) is 101 Å². The number of nitrogens with one attached hydrogen (secondary N) is 2. The van der Waals surface area contributed by atoms with E-state index < -0.39 is 41.4 Å². The Balaban J connectivity index is 0.00000201.